The molecule has 0 aromatic carbocycles. The Kier molecular flexibility index (Phi) is 4.56. The normalized spacial score (nSPS) is 17.6. The molecular formula is C13H21N5O3. The maximum atomic E-state index is 11.4. The zero-order chi connectivity index (χ0) is 15.5. The number of aromatic nitrogens is 2. The van der Waals surface area contributed by atoms with E-state index in [9.17, 15) is 10.1 Å². The Bertz CT molecular complexity index is 521. The van der Waals surface area contributed by atoms with Crippen LogP contribution >= 0.6 is 0 Å². The van der Waals surface area contributed by atoms with Gasteiger partial charge in [-0.05, 0) is 20.3 Å². The standard InChI is InChI=1S/C13H21N5O3/c1-4-5-14-11-10(18(19)20)12(16-9-15-11)17-6-7-21-13(2,3)8-17/h9H,4-8H2,1-3H3,(H,14,15,16). The van der Waals surface area contributed by atoms with E-state index in [2.05, 4.69) is 15.3 Å². The van der Waals surface area contributed by atoms with Gasteiger partial charge in [0, 0.05) is 19.6 Å². The third-order valence-corrected chi connectivity index (χ3v) is 3.25. The van der Waals surface area contributed by atoms with E-state index in [1.807, 2.05) is 25.7 Å². The summed E-state index contributed by atoms with van der Waals surface area (Å²) < 4.78 is 5.64. The van der Waals surface area contributed by atoms with Gasteiger partial charge in [-0.2, -0.15) is 0 Å². The summed E-state index contributed by atoms with van der Waals surface area (Å²) in [6, 6.07) is 0. The number of nitrogens with zero attached hydrogens (tertiary/aromatic N) is 4. The van der Waals surface area contributed by atoms with E-state index in [4.69, 9.17) is 4.74 Å². The lowest BCUT2D eigenvalue weighted by Gasteiger charge is -2.38. The van der Waals surface area contributed by atoms with E-state index in [0.29, 0.717) is 32.1 Å². The van der Waals surface area contributed by atoms with E-state index in [-0.39, 0.29) is 17.1 Å². The van der Waals surface area contributed by atoms with Gasteiger partial charge in [-0.25, -0.2) is 9.97 Å². The molecule has 0 bridgehead atoms. The summed E-state index contributed by atoms with van der Waals surface area (Å²) in [6.07, 6.45) is 2.23. The topological polar surface area (TPSA) is 93.4 Å². The zero-order valence-electron chi connectivity index (χ0n) is 12.6. The SMILES string of the molecule is CCCNc1ncnc(N2CCOC(C)(C)C2)c1[N+](=O)[O-]. The molecule has 2 heterocycles. The minimum atomic E-state index is -0.421. The summed E-state index contributed by atoms with van der Waals surface area (Å²) in [7, 11) is 0. The fraction of sp³-hybridized carbons (Fsp3) is 0.692. The van der Waals surface area contributed by atoms with Crippen LogP contribution in [0, 0.1) is 10.1 Å². The summed E-state index contributed by atoms with van der Waals surface area (Å²) in [6.45, 7) is 8.20. The summed E-state index contributed by atoms with van der Waals surface area (Å²) in [5.41, 5.74) is -0.419. The first-order valence-corrected chi connectivity index (χ1v) is 7.07. The van der Waals surface area contributed by atoms with E-state index < -0.39 is 4.92 Å². The highest BCUT2D eigenvalue weighted by Gasteiger charge is 2.33. The van der Waals surface area contributed by atoms with Crippen molar-refractivity contribution in [1.82, 2.24) is 9.97 Å². The van der Waals surface area contributed by atoms with E-state index in [1.165, 1.54) is 6.33 Å². The number of hydrogen-bond donors (Lipinski definition) is 1. The molecule has 0 aliphatic carbocycles. The number of hydrogen-bond acceptors (Lipinski definition) is 7. The molecule has 1 aliphatic rings. The lowest BCUT2D eigenvalue weighted by Crippen LogP contribution is -2.48. The fourth-order valence-corrected chi connectivity index (χ4v) is 2.34. The Hall–Kier alpha value is -1.96. The number of rotatable bonds is 5. The average Bonchev–Trinajstić information content (AvgIpc) is 2.43. The number of ether oxygens (including phenoxy) is 1. The summed E-state index contributed by atoms with van der Waals surface area (Å²) in [4.78, 5) is 21.0. The van der Waals surface area contributed by atoms with Crippen molar-refractivity contribution in [2.75, 3.05) is 36.5 Å². The predicted octanol–water partition coefficient (Wildman–Crippen LogP) is 1.82. The molecular weight excluding hydrogens is 274 g/mol. The first-order chi connectivity index (χ1) is 9.94. The zero-order valence-corrected chi connectivity index (χ0v) is 12.6. The monoisotopic (exact) mass is 295 g/mol. The quantitative estimate of drug-likeness (QED) is 0.654. The minimum absolute atomic E-state index is 0.0661. The van der Waals surface area contributed by atoms with Crippen molar-refractivity contribution in [2.45, 2.75) is 32.8 Å². The van der Waals surface area contributed by atoms with E-state index >= 15 is 0 Å². The molecule has 0 atom stereocenters. The van der Waals surface area contributed by atoms with Crippen LogP contribution in [0.4, 0.5) is 17.3 Å². The van der Waals surface area contributed by atoms with Gasteiger partial charge < -0.3 is 15.0 Å². The molecule has 0 saturated carbocycles. The van der Waals surface area contributed by atoms with Crippen LogP contribution in [0.25, 0.3) is 0 Å². The highest BCUT2D eigenvalue weighted by atomic mass is 16.6. The molecule has 1 N–H and O–H groups in total. The Balaban J connectivity index is 2.36. The highest BCUT2D eigenvalue weighted by Crippen LogP contribution is 2.33. The second-order valence-corrected chi connectivity index (χ2v) is 5.61. The van der Waals surface area contributed by atoms with Crippen LogP contribution in [0.2, 0.25) is 0 Å². The Labute approximate surface area is 123 Å². The fourth-order valence-electron chi connectivity index (χ4n) is 2.34. The Morgan fingerprint density at radius 1 is 1.52 bits per heavy atom. The van der Waals surface area contributed by atoms with Crippen LogP contribution in [0.3, 0.4) is 0 Å². The van der Waals surface area contributed by atoms with Gasteiger partial charge in [0.1, 0.15) is 6.33 Å². The van der Waals surface area contributed by atoms with Crippen LogP contribution in [0.5, 0.6) is 0 Å². The number of nitro groups is 1. The number of morpholine rings is 1. The molecule has 0 amide bonds. The highest BCUT2D eigenvalue weighted by molar-refractivity contribution is 5.70. The number of nitrogens with one attached hydrogen (secondary N) is 1. The molecule has 0 radical (unpaired) electrons. The minimum Gasteiger partial charge on any atom is -0.372 e. The summed E-state index contributed by atoms with van der Waals surface area (Å²) in [5, 5.41) is 14.4. The molecule has 0 unspecified atom stereocenters. The molecule has 1 aromatic heterocycles. The maximum absolute atomic E-state index is 11.4. The van der Waals surface area contributed by atoms with Gasteiger partial charge in [0.05, 0.1) is 17.1 Å². The van der Waals surface area contributed by atoms with Crippen LogP contribution in [0.1, 0.15) is 27.2 Å². The Morgan fingerprint density at radius 2 is 2.29 bits per heavy atom. The van der Waals surface area contributed by atoms with E-state index in [1.54, 1.807) is 0 Å². The second-order valence-electron chi connectivity index (χ2n) is 5.61. The Morgan fingerprint density at radius 3 is 2.90 bits per heavy atom. The van der Waals surface area contributed by atoms with Crippen molar-refractivity contribution in [3.63, 3.8) is 0 Å². The lowest BCUT2D eigenvalue weighted by molar-refractivity contribution is -0.383. The largest absolute Gasteiger partial charge is 0.372 e. The van der Waals surface area contributed by atoms with Crippen molar-refractivity contribution in [2.24, 2.45) is 0 Å². The van der Waals surface area contributed by atoms with Crippen molar-refractivity contribution in [3.05, 3.63) is 16.4 Å². The van der Waals surface area contributed by atoms with Gasteiger partial charge in [-0.1, -0.05) is 6.92 Å². The van der Waals surface area contributed by atoms with Gasteiger partial charge in [-0.3, -0.25) is 10.1 Å². The van der Waals surface area contributed by atoms with Gasteiger partial charge in [-0.15, -0.1) is 0 Å². The van der Waals surface area contributed by atoms with Crippen LogP contribution in [-0.4, -0.2) is 46.7 Å². The molecule has 0 spiro atoms. The molecule has 116 valence electrons. The van der Waals surface area contributed by atoms with E-state index in [0.717, 1.165) is 6.42 Å². The third-order valence-electron chi connectivity index (χ3n) is 3.25. The first-order valence-electron chi connectivity index (χ1n) is 7.07. The molecule has 2 rings (SSSR count). The molecule has 8 nitrogen and oxygen atoms in total. The third kappa shape index (κ3) is 3.57. The molecule has 1 aliphatic heterocycles. The summed E-state index contributed by atoms with van der Waals surface area (Å²) in [5.74, 6) is 0.626. The molecule has 1 fully saturated rings. The van der Waals surface area contributed by atoms with Gasteiger partial charge >= 0.3 is 5.69 Å². The average molecular weight is 295 g/mol. The molecule has 1 saturated heterocycles. The molecule has 8 heteroatoms. The van der Waals surface area contributed by atoms with Crippen molar-refractivity contribution in [1.29, 1.82) is 0 Å². The number of anilines is 2. The summed E-state index contributed by atoms with van der Waals surface area (Å²) >= 11 is 0. The van der Waals surface area contributed by atoms with Crippen LogP contribution < -0.4 is 10.2 Å². The first kappa shape index (κ1) is 15.4. The van der Waals surface area contributed by atoms with Crippen LogP contribution in [-0.2, 0) is 4.74 Å². The van der Waals surface area contributed by atoms with Crippen LogP contribution in [0.15, 0.2) is 6.33 Å². The maximum Gasteiger partial charge on any atom is 0.353 e. The van der Waals surface area contributed by atoms with Gasteiger partial charge in [0.15, 0.2) is 0 Å². The molecule has 1 aromatic rings. The van der Waals surface area contributed by atoms with Crippen molar-refractivity contribution in [3.8, 4) is 0 Å². The lowest BCUT2D eigenvalue weighted by atomic mass is 10.1. The van der Waals surface area contributed by atoms with Gasteiger partial charge in [0.25, 0.3) is 0 Å². The predicted molar refractivity (Wildman–Crippen MR) is 79.7 cm³/mol. The molecule has 21 heavy (non-hydrogen) atoms. The van der Waals surface area contributed by atoms with Gasteiger partial charge in [0.2, 0.25) is 11.6 Å². The van der Waals surface area contributed by atoms with Crippen molar-refractivity contribution < 1.29 is 9.66 Å². The van der Waals surface area contributed by atoms with Crippen molar-refractivity contribution >= 4 is 17.3 Å². The smallest absolute Gasteiger partial charge is 0.353 e. The second kappa shape index (κ2) is 6.21.